The molecule has 0 spiro atoms. The highest BCUT2D eigenvalue weighted by molar-refractivity contribution is 7.99. The minimum atomic E-state index is -0.476. The number of methoxy groups -OCH3 is 1. The second-order valence-electron chi connectivity index (χ2n) is 5.93. The highest BCUT2D eigenvalue weighted by Gasteiger charge is 2.20. The van der Waals surface area contributed by atoms with Crippen molar-refractivity contribution >= 4 is 28.6 Å². The summed E-state index contributed by atoms with van der Waals surface area (Å²) in [5.41, 5.74) is 0.624. The summed E-state index contributed by atoms with van der Waals surface area (Å²) in [5.74, 6) is 0.0624. The Hall–Kier alpha value is -2.37. The molecule has 0 N–H and O–H groups in total. The number of aromatic nitrogens is 2. The highest BCUT2D eigenvalue weighted by atomic mass is 32.2. The van der Waals surface area contributed by atoms with E-state index in [9.17, 15) is 9.59 Å². The zero-order chi connectivity index (χ0) is 18.5. The Kier molecular flexibility index (Phi) is 5.91. The van der Waals surface area contributed by atoms with Crippen LogP contribution in [-0.4, -0.2) is 41.1 Å². The lowest BCUT2D eigenvalue weighted by molar-refractivity contribution is 0.0601. The molecule has 1 saturated heterocycles. The van der Waals surface area contributed by atoms with Gasteiger partial charge in [0.15, 0.2) is 5.16 Å². The van der Waals surface area contributed by atoms with Gasteiger partial charge in [-0.3, -0.25) is 9.36 Å². The standard InChI is InChI=1S/C18H19N3O4S/c1-24-17(23)12-5-6-14-15(10-12)20-18(26-9-3-7-19)21(16(14)22)11-13-4-2-8-25-13/h5-6,10,13H,2-4,8-9,11H2,1H3/t13-/m0/s1. The van der Waals surface area contributed by atoms with Crippen molar-refractivity contribution < 1.29 is 14.3 Å². The quantitative estimate of drug-likeness (QED) is 0.332. The minimum absolute atomic E-state index is 0.00314. The summed E-state index contributed by atoms with van der Waals surface area (Å²) in [6.07, 6.45) is 2.26. The molecule has 136 valence electrons. The van der Waals surface area contributed by atoms with Gasteiger partial charge in [0.1, 0.15) is 0 Å². The fourth-order valence-electron chi connectivity index (χ4n) is 2.90. The number of ether oxygens (including phenoxy) is 2. The number of hydrogen-bond acceptors (Lipinski definition) is 7. The summed E-state index contributed by atoms with van der Waals surface area (Å²) >= 11 is 1.36. The van der Waals surface area contributed by atoms with Gasteiger partial charge in [0.05, 0.1) is 42.3 Å². The zero-order valence-corrected chi connectivity index (χ0v) is 15.3. The largest absolute Gasteiger partial charge is 0.465 e. The molecule has 3 rings (SSSR count). The first-order chi connectivity index (χ1) is 12.6. The lowest BCUT2D eigenvalue weighted by Crippen LogP contribution is -2.29. The Morgan fingerprint density at radius 3 is 3.08 bits per heavy atom. The number of hydrogen-bond donors (Lipinski definition) is 0. The summed E-state index contributed by atoms with van der Waals surface area (Å²) < 4.78 is 12.0. The maximum absolute atomic E-state index is 13.0. The molecule has 0 aliphatic carbocycles. The Morgan fingerprint density at radius 2 is 2.38 bits per heavy atom. The van der Waals surface area contributed by atoms with E-state index in [0.717, 1.165) is 12.8 Å². The summed E-state index contributed by atoms with van der Waals surface area (Å²) in [5, 5.41) is 9.75. The molecule has 0 saturated carbocycles. The molecule has 0 radical (unpaired) electrons. The molecule has 26 heavy (non-hydrogen) atoms. The molecular weight excluding hydrogens is 354 g/mol. The number of carbonyl (C=O) groups is 1. The molecule has 0 bridgehead atoms. The van der Waals surface area contributed by atoms with Crippen LogP contribution in [0.25, 0.3) is 10.9 Å². The van der Waals surface area contributed by atoms with Gasteiger partial charge in [-0.15, -0.1) is 0 Å². The van der Waals surface area contributed by atoms with Crippen molar-refractivity contribution in [3.8, 4) is 6.07 Å². The van der Waals surface area contributed by atoms with Gasteiger partial charge in [0.25, 0.3) is 5.56 Å². The Morgan fingerprint density at radius 1 is 1.54 bits per heavy atom. The van der Waals surface area contributed by atoms with Crippen LogP contribution in [0, 0.1) is 11.3 Å². The van der Waals surface area contributed by atoms with Gasteiger partial charge in [-0.2, -0.15) is 5.26 Å². The van der Waals surface area contributed by atoms with E-state index in [2.05, 4.69) is 11.1 Å². The third-order valence-corrected chi connectivity index (χ3v) is 5.17. The smallest absolute Gasteiger partial charge is 0.337 e. The first-order valence-corrected chi connectivity index (χ1v) is 9.37. The Bertz CT molecular complexity index is 913. The molecule has 1 aromatic heterocycles. The highest BCUT2D eigenvalue weighted by Crippen LogP contribution is 2.22. The van der Waals surface area contributed by atoms with Crippen molar-refractivity contribution in [2.24, 2.45) is 0 Å². The van der Waals surface area contributed by atoms with Gasteiger partial charge >= 0.3 is 5.97 Å². The minimum Gasteiger partial charge on any atom is -0.465 e. The van der Waals surface area contributed by atoms with Crippen LogP contribution < -0.4 is 5.56 Å². The van der Waals surface area contributed by atoms with Crippen molar-refractivity contribution in [1.29, 1.82) is 5.26 Å². The number of thioether (sulfide) groups is 1. The average molecular weight is 373 g/mol. The molecule has 7 nitrogen and oxygen atoms in total. The normalized spacial score (nSPS) is 16.5. The van der Waals surface area contributed by atoms with Gasteiger partial charge in [-0.1, -0.05) is 11.8 Å². The van der Waals surface area contributed by atoms with Crippen molar-refractivity contribution in [2.45, 2.75) is 37.1 Å². The van der Waals surface area contributed by atoms with Crippen molar-refractivity contribution in [3.63, 3.8) is 0 Å². The number of fused-ring (bicyclic) bond motifs is 1. The maximum Gasteiger partial charge on any atom is 0.337 e. The van der Waals surface area contributed by atoms with Crippen LogP contribution in [0.5, 0.6) is 0 Å². The molecule has 1 fully saturated rings. The van der Waals surface area contributed by atoms with E-state index in [-0.39, 0.29) is 11.7 Å². The number of carbonyl (C=O) groups excluding carboxylic acids is 1. The molecule has 1 atom stereocenters. The molecule has 1 aliphatic heterocycles. The van der Waals surface area contributed by atoms with Gasteiger partial charge in [0, 0.05) is 18.8 Å². The predicted molar refractivity (Wildman–Crippen MR) is 97.3 cm³/mol. The number of nitrogens with zero attached hydrogens (tertiary/aromatic N) is 3. The maximum atomic E-state index is 13.0. The molecule has 1 aliphatic rings. The lowest BCUT2D eigenvalue weighted by atomic mass is 10.1. The third-order valence-electron chi connectivity index (χ3n) is 4.20. The molecule has 0 unspecified atom stereocenters. The van der Waals surface area contributed by atoms with E-state index in [1.165, 1.54) is 18.9 Å². The van der Waals surface area contributed by atoms with E-state index in [0.29, 0.717) is 46.9 Å². The van der Waals surface area contributed by atoms with E-state index in [4.69, 9.17) is 14.7 Å². The topological polar surface area (TPSA) is 94.2 Å². The molecule has 2 heterocycles. The first-order valence-electron chi connectivity index (χ1n) is 8.38. The molecule has 0 amide bonds. The fraction of sp³-hybridized carbons (Fsp3) is 0.444. The summed E-state index contributed by atoms with van der Waals surface area (Å²) in [4.78, 5) is 29.3. The van der Waals surface area contributed by atoms with E-state index in [1.54, 1.807) is 22.8 Å². The predicted octanol–water partition coefficient (Wildman–Crippen LogP) is 2.37. The second kappa shape index (κ2) is 8.34. The molecule has 2 aromatic rings. The van der Waals surface area contributed by atoms with E-state index >= 15 is 0 Å². The summed E-state index contributed by atoms with van der Waals surface area (Å²) in [6.45, 7) is 1.15. The third kappa shape index (κ3) is 3.89. The zero-order valence-electron chi connectivity index (χ0n) is 14.4. The van der Waals surface area contributed by atoms with Crippen molar-refractivity contribution in [2.75, 3.05) is 19.5 Å². The van der Waals surface area contributed by atoms with Gasteiger partial charge < -0.3 is 9.47 Å². The van der Waals surface area contributed by atoms with Crippen LogP contribution in [0.3, 0.4) is 0 Å². The van der Waals surface area contributed by atoms with Crippen molar-refractivity contribution in [1.82, 2.24) is 9.55 Å². The molecule has 1 aromatic carbocycles. The second-order valence-corrected chi connectivity index (χ2v) is 6.99. The molecule has 8 heteroatoms. The average Bonchev–Trinajstić information content (AvgIpc) is 3.17. The number of benzene rings is 1. The SMILES string of the molecule is COC(=O)c1ccc2c(=O)n(C[C@@H]3CCCO3)c(SCCC#N)nc2c1. The van der Waals surface area contributed by atoms with Crippen LogP contribution in [0.1, 0.15) is 29.6 Å². The summed E-state index contributed by atoms with van der Waals surface area (Å²) in [7, 11) is 1.31. The van der Waals surface area contributed by atoms with Crippen LogP contribution in [-0.2, 0) is 16.0 Å². The summed E-state index contributed by atoms with van der Waals surface area (Å²) in [6, 6.07) is 6.82. The van der Waals surface area contributed by atoms with Gasteiger partial charge in [0.2, 0.25) is 0 Å². The first kappa shape index (κ1) is 18.4. The number of esters is 1. The lowest BCUT2D eigenvalue weighted by Gasteiger charge is -2.16. The number of rotatable bonds is 6. The van der Waals surface area contributed by atoms with E-state index < -0.39 is 5.97 Å². The van der Waals surface area contributed by atoms with Gasteiger partial charge in [-0.05, 0) is 31.0 Å². The van der Waals surface area contributed by atoms with Crippen LogP contribution in [0.15, 0.2) is 28.2 Å². The Labute approximate surface area is 154 Å². The number of nitriles is 1. The van der Waals surface area contributed by atoms with Crippen LogP contribution in [0.2, 0.25) is 0 Å². The van der Waals surface area contributed by atoms with E-state index in [1.807, 2.05) is 0 Å². The van der Waals surface area contributed by atoms with Crippen molar-refractivity contribution in [3.05, 3.63) is 34.1 Å². The molecular formula is C18H19N3O4S. The fourth-order valence-corrected chi connectivity index (χ4v) is 3.75. The van der Waals surface area contributed by atoms with Gasteiger partial charge in [-0.25, -0.2) is 9.78 Å². The Balaban J connectivity index is 2.05. The van der Waals surface area contributed by atoms with Crippen LogP contribution >= 0.6 is 11.8 Å². The van der Waals surface area contributed by atoms with Crippen LogP contribution in [0.4, 0.5) is 0 Å². The monoisotopic (exact) mass is 373 g/mol.